The number of hydrogen-bond acceptors (Lipinski definition) is 7. The van der Waals surface area contributed by atoms with Crippen LogP contribution in [0.15, 0.2) is 36.9 Å². The molecule has 11 heteroatoms. The lowest BCUT2D eigenvalue weighted by Crippen LogP contribution is -2.34. The summed E-state index contributed by atoms with van der Waals surface area (Å²) >= 11 is 1.30. The van der Waals surface area contributed by atoms with Gasteiger partial charge in [-0.1, -0.05) is 30.1 Å². The molecule has 0 radical (unpaired) electrons. The van der Waals surface area contributed by atoms with Crippen LogP contribution >= 0.6 is 11.3 Å². The lowest BCUT2D eigenvalue weighted by molar-refractivity contribution is -0.117. The van der Waals surface area contributed by atoms with Crippen LogP contribution in [-0.2, 0) is 22.4 Å². The van der Waals surface area contributed by atoms with Crippen LogP contribution in [0, 0.1) is 11.2 Å². The molecule has 4 rings (SSSR count). The molecule has 0 fully saturated rings. The van der Waals surface area contributed by atoms with Crippen molar-refractivity contribution in [3.63, 3.8) is 0 Å². The summed E-state index contributed by atoms with van der Waals surface area (Å²) in [4.78, 5) is 31.3. The Morgan fingerprint density at radius 3 is 2.71 bits per heavy atom. The number of amides is 2. The number of halogens is 1. The molecule has 1 aromatic carbocycles. The number of thiazole rings is 1. The Morgan fingerprint density at radius 2 is 2.08 bits per heavy atom. The molecule has 0 atom stereocenters. The fourth-order valence-electron chi connectivity index (χ4n) is 4.17. The van der Waals surface area contributed by atoms with E-state index in [1.165, 1.54) is 35.2 Å². The van der Waals surface area contributed by atoms with Crippen LogP contribution in [0.4, 0.5) is 15.2 Å². The number of benzene rings is 1. The Bertz CT molecular complexity index is 1450. The van der Waals surface area contributed by atoms with Crippen molar-refractivity contribution < 1.29 is 14.0 Å². The molecule has 0 saturated heterocycles. The summed E-state index contributed by atoms with van der Waals surface area (Å²) in [5.41, 5.74) is 3.96. The van der Waals surface area contributed by atoms with Crippen molar-refractivity contribution in [2.75, 3.05) is 24.2 Å². The molecule has 2 heterocycles. The van der Waals surface area contributed by atoms with Crippen LogP contribution in [-0.4, -0.2) is 57.3 Å². The maximum absolute atomic E-state index is 15.6. The van der Waals surface area contributed by atoms with Crippen LogP contribution in [0.3, 0.4) is 0 Å². The van der Waals surface area contributed by atoms with Crippen LogP contribution in [0.25, 0.3) is 21.8 Å². The Balaban J connectivity index is 1.79. The van der Waals surface area contributed by atoms with E-state index in [0.717, 1.165) is 16.1 Å². The van der Waals surface area contributed by atoms with Crippen molar-refractivity contribution in [1.82, 2.24) is 19.7 Å². The second kappa shape index (κ2) is 11.2. The van der Waals surface area contributed by atoms with E-state index in [-0.39, 0.29) is 30.1 Å². The highest BCUT2D eigenvalue weighted by Gasteiger charge is 2.31. The molecule has 0 spiro atoms. The second-order valence-electron chi connectivity index (χ2n) is 9.29. The van der Waals surface area contributed by atoms with Gasteiger partial charge < -0.3 is 16.0 Å². The van der Waals surface area contributed by atoms with Gasteiger partial charge in [-0.3, -0.25) is 14.5 Å². The molecule has 2 aromatic heterocycles. The normalized spacial score (nSPS) is 12.8. The summed E-state index contributed by atoms with van der Waals surface area (Å²) in [6, 6.07) is 4.67. The van der Waals surface area contributed by atoms with E-state index in [0.29, 0.717) is 40.6 Å². The fourth-order valence-corrected chi connectivity index (χ4v) is 5.28. The van der Waals surface area contributed by atoms with Gasteiger partial charge in [0.15, 0.2) is 10.9 Å². The summed E-state index contributed by atoms with van der Waals surface area (Å²) in [7, 11) is 1.85. The standard InChI is InChI=1S/C27H30FN7O2S/c1-6-7-17(13-29)24-19-9-10-21-26(38-27(32-21)30-16(4)36)25(19)35(33-24)22-11-8-18(12-20(22)28)31-23(37)14-34(5)15(2)3/h6-8,11-13,15,29H,1,9-10,14H2,2-5H3,(H,31,37)(H,30,32,36)/b17-7+,29-13?. The van der Waals surface area contributed by atoms with E-state index in [2.05, 4.69) is 22.2 Å². The Morgan fingerprint density at radius 1 is 1.32 bits per heavy atom. The largest absolute Gasteiger partial charge is 0.325 e. The van der Waals surface area contributed by atoms with Crippen LogP contribution < -0.4 is 10.6 Å². The number of aromatic nitrogens is 3. The number of nitrogens with zero attached hydrogens (tertiary/aromatic N) is 4. The van der Waals surface area contributed by atoms with Crippen molar-refractivity contribution in [3.8, 4) is 16.3 Å². The summed E-state index contributed by atoms with van der Waals surface area (Å²) in [5, 5.41) is 18.6. The molecular weight excluding hydrogens is 505 g/mol. The number of carbonyl (C=O) groups is 2. The minimum Gasteiger partial charge on any atom is -0.325 e. The third-order valence-electron chi connectivity index (χ3n) is 6.25. The third kappa shape index (κ3) is 5.48. The molecule has 3 aromatic rings. The van der Waals surface area contributed by atoms with Gasteiger partial charge >= 0.3 is 0 Å². The van der Waals surface area contributed by atoms with Crippen molar-refractivity contribution in [3.05, 3.63) is 59.7 Å². The molecule has 1 aliphatic rings. The molecule has 0 bridgehead atoms. The average molecular weight is 536 g/mol. The number of rotatable bonds is 9. The predicted molar refractivity (Wildman–Crippen MR) is 150 cm³/mol. The first-order valence-corrected chi connectivity index (χ1v) is 13.0. The minimum atomic E-state index is -0.570. The molecule has 2 amide bonds. The Hall–Kier alpha value is -3.96. The highest BCUT2D eigenvalue weighted by atomic mass is 32.1. The summed E-state index contributed by atoms with van der Waals surface area (Å²) in [6.45, 7) is 9.31. The average Bonchev–Trinajstić information content (AvgIpc) is 3.43. The van der Waals surface area contributed by atoms with Gasteiger partial charge in [0.1, 0.15) is 5.69 Å². The Kier molecular flexibility index (Phi) is 7.98. The maximum Gasteiger partial charge on any atom is 0.238 e. The third-order valence-corrected chi connectivity index (χ3v) is 7.27. The van der Waals surface area contributed by atoms with Crippen molar-refractivity contribution in [1.29, 1.82) is 5.41 Å². The number of allylic oxidation sites excluding steroid dienone is 3. The molecular formula is C27H30FN7O2S. The zero-order valence-corrected chi connectivity index (χ0v) is 22.6. The van der Waals surface area contributed by atoms with Crippen LogP contribution in [0.2, 0.25) is 0 Å². The lowest BCUT2D eigenvalue weighted by atomic mass is 9.95. The quantitative estimate of drug-likeness (QED) is 0.272. The summed E-state index contributed by atoms with van der Waals surface area (Å²) in [5.74, 6) is -1.04. The molecule has 0 aliphatic heterocycles. The number of hydrogen-bond donors (Lipinski definition) is 3. The molecule has 0 unspecified atom stereocenters. The first-order chi connectivity index (χ1) is 18.1. The van der Waals surface area contributed by atoms with Crippen LogP contribution in [0.1, 0.15) is 37.7 Å². The zero-order chi connectivity index (χ0) is 27.6. The highest BCUT2D eigenvalue weighted by molar-refractivity contribution is 7.19. The molecule has 38 heavy (non-hydrogen) atoms. The second-order valence-corrected chi connectivity index (χ2v) is 10.3. The predicted octanol–water partition coefficient (Wildman–Crippen LogP) is 4.69. The fraction of sp³-hybridized carbons (Fsp3) is 0.296. The number of anilines is 2. The summed E-state index contributed by atoms with van der Waals surface area (Å²) in [6.07, 6.45) is 5.67. The van der Waals surface area contributed by atoms with E-state index >= 15 is 4.39 Å². The molecule has 3 N–H and O–H groups in total. The van der Waals surface area contributed by atoms with E-state index in [1.54, 1.807) is 24.3 Å². The van der Waals surface area contributed by atoms with Gasteiger partial charge in [-0.25, -0.2) is 14.1 Å². The molecule has 198 valence electrons. The first kappa shape index (κ1) is 27.1. The van der Waals surface area contributed by atoms with Gasteiger partial charge in [-0.15, -0.1) is 0 Å². The maximum atomic E-state index is 15.6. The lowest BCUT2D eigenvalue weighted by Gasteiger charge is -2.20. The van der Waals surface area contributed by atoms with Crippen molar-refractivity contribution in [2.45, 2.75) is 39.7 Å². The van der Waals surface area contributed by atoms with E-state index in [9.17, 15) is 9.59 Å². The molecule has 9 nitrogen and oxygen atoms in total. The number of carbonyl (C=O) groups excluding carboxylic acids is 2. The monoisotopic (exact) mass is 535 g/mol. The van der Waals surface area contributed by atoms with Gasteiger partial charge in [-0.05, 0) is 51.9 Å². The SMILES string of the molecule is C=C/C=C(\C=N)c1nn(-c2ccc(NC(=O)CN(C)C(C)C)cc2F)c2c1CCc1nc(NC(C)=O)sc1-2. The number of nitrogens with one attached hydrogen (secondary N) is 3. The van der Waals surface area contributed by atoms with Crippen molar-refractivity contribution >= 4 is 45.8 Å². The Labute approximate surface area is 224 Å². The number of likely N-dealkylation sites (N-methyl/N-ethyl adjacent to an activating group) is 1. The van der Waals surface area contributed by atoms with Gasteiger partial charge in [0, 0.05) is 36.0 Å². The smallest absolute Gasteiger partial charge is 0.238 e. The minimum absolute atomic E-state index is 0.184. The van der Waals surface area contributed by atoms with E-state index in [4.69, 9.17) is 10.5 Å². The zero-order valence-electron chi connectivity index (χ0n) is 21.8. The van der Waals surface area contributed by atoms with Gasteiger partial charge in [0.05, 0.1) is 28.5 Å². The van der Waals surface area contributed by atoms with Gasteiger partial charge in [-0.2, -0.15) is 5.10 Å². The number of aryl methyl sites for hydroxylation is 1. The first-order valence-electron chi connectivity index (χ1n) is 12.2. The molecule has 1 aliphatic carbocycles. The topological polar surface area (TPSA) is 116 Å². The summed E-state index contributed by atoms with van der Waals surface area (Å²) < 4.78 is 17.1. The van der Waals surface area contributed by atoms with Gasteiger partial charge in [0.2, 0.25) is 11.8 Å². The van der Waals surface area contributed by atoms with E-state index < -0.39 is 5.82 Å². The van der Waals surface area contributed by atoms with Gasteiger partial charge in [0.25, 0.3) is 0 Å². The highest BCUT2D eigenvalue weighted by Crippen LogP contribution is 2.43. The number of fused-ring (bicyclic) bond motifs is 3. The molecule has 0 saturated carbocycles. The van der Waals surface area contributed by atoms with Crippen LogP contribution in [0.5, 0.6) is 0 Å². The van der Waals surface area contributed by atoms with E-state index in [1.807, 2.05) is 25.8 Å². The van der Waals surface area contributed by atoms with Crippen molar-refractivity contribution in [2.24, 2.45) is 0 Å².